The summed E-state index contributed by atoms with van der Waals surface area (Å²) in [6.07, 6.45) is 6.42. The summed E-state index contributed by atoms with van der Waals surface area (Å²) in [5.74, 6) is 1.72. The summed E-state index contributed by atoms with van der Waals surface area (Å²) in [5, 5.41) is 2.62. The van der Waals surface area contributed by atoms with E-state index in [1.807, 2.05) is 0 Å². The van der Waals surface area contributed by atoms with Crippen LogP contribution in [-0.2, 0) is 9.57 Å². The summed E-state index contributed by atoms with van der Waals surface area (Å²) in [4.78, 5) is 25.4. The third-order valence-corrected chi connectivity index (χ3v) is 3.28. The van der Waals surface area contributed by atoms with Crippen molar-refractivity contribution in [1.29, 1.82) is 0 Å². The Morgan fingerprint density at radius 1 is 1.35 bits per heavy atom. The van der Waals surface area contributed by atoms with Gasteiger partial charge in [0.05, 0.1) is 0 Å². The molecule has 108 valence electrons. The van der Waals surface area contributed by atoms with Crippen molar-refractivity contribution in [3.05, 3.63) is 18.1 Å². The summed E-state index contributed by atoms with van der Waals surface area (Å²) in [7, 11) is 0. The van der Waals surface area contributed by atoms with E-state index in [2.05, 4.69) is 20.8 Å². The Morgan fingerprint density at radius 3 is 3.00 bits per heavy atom. The molecule has 1 aromatic heterocycles. The summed E-state index contributed by atoms with van der Waals surface area (Å²) in [6.45, 7) is 0.671. The SMILES string of the molecule is O=C(NOC1CCCCO1)Nc1ccnc(C2CC2)n1. The van der Waals surface area contributed by atoms with Crippen LogP contribution in [-0.4, -0.2) is 28.9 Å². The predicted octanol–water partition coefficient (Wildman–Crippen LogP) is 1.93. The van der Waals surface area contributed by atoms with Crippen LogP contribution in [0.25, 0.3) is 0 Å². The van der Waals surface area contributed by atoms with Gasteiger partial charge in [-0.05, 0) is 31.7 Å². The molecule has 2 fully saturated rings. The van der Waals surface area contributed by atoms with Crippen molar-refractivity contribution in [3.8, 4) is 0 Å². The first-order valence-electron chi connectivity index (χ1n) is 6.98. The highest BCUT2D eigenvalue weighted by Gasteiger charge is 2.26. The van der Waals surface area contributed by atoms with Crippen LogP contribution >= 0.6 is 0 Å². The summed E-state index contributed by atoms with van der Waals surface area (Å²) >= 11 is 0. The van der Waals surface area contributed by atoms with E-state index < -0.39 is 6.03 Å². The molecule has 0 spiro atoms. The number of anilines is 1. The van der Waals surface area contributed by atoms with Crippen LogP contribution in [0.1, 0.15) is 43.8 Å². The standard InChI is InChI=1S/C13H18N4O3/c18-13(17-20-11-3-1-2-8-19-11)16-10-6-7-14-12(15-10)9-4-5-9/h6-7,9,11H,1-5,8H2,(H2,14,15,16,17,18). The first kappa shape index (κ1) is 13.3. The predicted molar refractivity (Wildman–Crippen MR) is 70.8 cm³/mol. The minimum absolute atomic E-state index is 0.359. The first-order valence-corrected chi connectivity index (χ1v) is 6.98. The number of nitrogens with one attached hydrogen (secondary N) is 2. The van der Waals surface area contributed by atoms with Gasteiger partial charge in [0.25, 0.3) is 0 Å². The van der Waals surface area contributed by atoms with Crippen LogP contribution in [0.15, 0.2) is 12.3 Å². The van der Waals surface area contributed by atoms with Gasteiger partial charge < -0.3 is 4.74 Å². The number of urea groups is 1. The van der Waals surface area contributed by atoms with E-state index in [0.29, 0.717) is 18.3 Å². The average Bonchev–Trinajstić information content (AvgIpc) is 3.31. The Hall–Kier alpha value is -1.73. The van der Waals surface area contributed by atoms with E-state index in [1.165, 1.54) is 0 Å². The minimum Gasteiger partial charge on any atom is -0.350 e. The molecule has 3 rings (SSSR count). The smallest absolute Gasteiger partial charge is 0.344 e. The molecule has 1 aliphatic carbocycles. The Bertz CT molecular complexity index is 472. The molecular formula is C13H18N4O3. The van der Waals surface area contributed by atoms with E-state index >= 15 is 0 Å². The highest BCUT2D eigenvalue weighted by atomic mass is 16.8. The third-order valence-electron chi connectivity index (χ3n) is 3.28. The maximum absolute atomic E-state index is 11.7. The van der Waals surface area contributed by atoms with Gasteiger partial charge in [-0.1, -0.05) is 0 Å². The molecule has 1 unspecified atom stereocenters. The fourth-order valence-corrected chi connectivity index (χ4v) is 2.05. The normalized spacial score (nSPS) is 22.3. The van der Waals surface area contributed by atoms with Gasteiger partial charge in [-0.2, -0.15) is 0 Å². The van der Waals surface area contributed by atoms with Crippen molar-refractivity contribution in [3.63, 3.8) is 0 Å². The zero-order chi connectivity index (χ0) is 13.8. The molecule has 20 heavy (non-hydrogen) atoms. The lowest BCUT2D eigenvalue weighted by Crippen LogP contribution is -2.35. The minimum atomic E-state index is -0.459. The second-order valence-corrected chi connectivity index (χ2v) is 5.04. The molecule has 1 saturated heterocycles. The number of hydrogen-bond donors (Lipinski definition) is 2. The molecule has 2 N–H and O–H groups in total. The number of ether oxygens (including phenoxy) is 1. The zero-order valence-electron chi connectivity index (χ0n) is 11.2. The van der Waals surface area contributed by atoms with Gasteiger partial charge in [0, 0.05) is 25.1 Å². The molecule has 1 aromatic rings. The number of rotatable bonds is 4. The highest BCUT2D eigenvalue weighted by molar-refractivity contribution is 5.87. The molecule has 2 aliphatic rings. The van der Waals surface area contributed by atoms with Gasteiger partial charge in [0.15, 0.2) is 6.29 Å². The van der Waals surface area contributed by atoms with Crippen LogP contribution in [0, 0.1) is 0 Å². The van der Waals surface area contributed by atoms with Crippen molar-refractivity contribution in [2.45, 2.75) is 44.3 Å². The summed E-state index contributed by atoms with van der Waals surface area (Å²) in [6, 6.07) is 1.20. The number of hydrogen-bond acceptors (Lipinski definition) is 5. The van der Waals surface area contributed by atoms with Gasteiger partial charge in [-0.25, -0.2) is 25.1 Å². The fraction of sp³-hybridized carbons (Fsp3) is 0.615. The lowest BCUT2D eigenvalue weighted by molar-refractivity contribution is -0.185. The molecule has 2 amide bonds. The molecular weight excluding hydrogens is 260 g/mol. The Morgan fingerprint density at radius 2 is 2.25 bits per heavy atom. The van der Waals surface area contributed by atoms with E-state index in [-0.39, 0.29) is 6.29 Å². The number of nitrogens with zero attached hydrogens (tertiary/aromatic N) is 2. The number of aromatic nitrogens is 2. The molecule has 2 heterocycles. The van der Waals surface area contributed by atoms with E-state index in [9.17, 15) is 4.79 Å². The van der Waals surface area contributed by atoms with Gasteiger partial charge >= 0.3 is 6.03 Å². The van der Waals surface area contributed by atoms with E-state index in [4.69, 9.17) is 9.57 Å². The highest BCUT2D eigenvalue weighted by Crippen LogP contribution is 2.37. The topological polar surface area (TPSA) is 85.4 Å². The average molecular weight is 278 g/mol. The van der Waals surface area contributed by atoms with Crippen molar-refractivity contribution in [1.82, 2.24) is 15.4 Å². The van der Waals surface area contributed by atoms with Crippen LogP contribution in [0.3, 0.4) is 0 Å². The lowest BCUT2D eigenvalue weighted by Gasteiger charge is -2.22. The number of carbonyl (C=O) groups is 1. The lowest BCUT2D eigenvalue weighted by atomic mass is 10.2. The quantitative estimate of drug-likeness (QED) is 0.822. The summed E-state index contributed by atoms with van der Waals surface area (Å²) < 4.78 is 5.35. The second kappa shape index (κ2) is 6.15. The van der Waals surface area contributed by atoms with Gasteiger partial charge in [-0.3, -0.25) is 5.32 Å². The molecule has 0 radical (unpaired) electrons. The Kier molecular flexibility index (Phi) is 4.08. The second-order valence-electron chi connectivity index (χ2n) is 5.04. The van der Waals surface area contributed by atoms with Crippen molar-refractivity contribution < 1.29 is 14.4 Å². The van der Waals surface area contributed by atoms with Gasteiger partial charge in [0.1, 0.15) is 11.6 Å². The molecule has 0 aromatic carbocycles. The molecule has 0 bridgehead atoms. The van der Waals surface area contributed by atoms with Crippen molar-refractivity contribution >= 4 is 11.8 Å². The van der Waals surface area contributed by atoms with Crippen molar-refractivity contribution in [2.24, 2.45) is 0 Å². The molecule has 1 saturated carbocycles. The van der Waals surface area contributed by atoms with Crippen LogP contribution < -0.4 is 10.8 Å². The first-order chi connectivity index (χ1) is 9.81. The van der Waals surface area contributed by atoms with E-state index in [1.54, 1.807) is 12.3 Å². The molecule has 7 nitrogen and oxygen atoms in total. The number of amides is 2. The van der Waals surface area contributed by atoms with Crippen LogP contribution in [0.4, 0.5) is 10.6 Å². The summed E-state index contributed by atoms with van der Waals surface area (Å²) in [5.41, 5.74) is 2.33. The molecule has 7 heteroatoms. The third kappa shape index (κ3) is 3.64. The molecule has 1 aliphatic heterocycles. The van der Waals surface area contributed by atoms with Gasteiger partial charge in [0.2, 0.25) is 0 Å². The number of carbonyl (C=O) groups excluding carboxylic acids is 1. The Labute approximate surface area is 117 Å². The number of hydroxylamine groups is 1. The molecule has 1 atom stereocenters. The van der Waals surface area contributed by atoms with Gasteiger partial charge in [-0.15, -0.1) is 0 Å². The maximum atomic E-state index is 11.7. The van der Waals surface area contributed by atoms with Crippen LogP contribution in [0.2, 0.25) is 0 Å². The zero-order valence-corrected chi connectivity index (χ0v) is 11.2. The van der Waals surface area contributed by atoms with Crippen molar-refractivity contribution in [2.75, 3.05) is 11.9 Å². The fourth-order valence-electron chi connectivity index (χ4n) is 2.05. The largest absolute Gasteiger partial charge is 0.350 e. The Balaban J connectivity index is 1.46. The maximum Gasteiger partial charge on any atom is 0.344 e. The van der Waals surface area contributed by atoms with Crippen LogP contribution in [0.5, 0.6) is 0 Å². The van der Waals surface area contributed by atoms with E-state index in [0.717, 1.165) is 37.9 Å². The monoisotopic (exact) mass is 278 g/mol.